The summed E-state index contributed by atoms with van der Waals surface area (Å²) >= 11 is 0. The molecular weight excluding hydrogens is 617 g/mol. The van der Waals surface area contributed by atoms with Crippen LogP contribution in [0, 0.1) is 23.7 Å². The van der Waals surface area contributed by atoms with Gasteiger partial charge < -0.3 is 25.6 Å². The first-order valence-corrected chi connectivity index (χ1v) is 15.1. The molecule has 3 aliphatic carbocycles. The summed E-state index contributed by atoms with van der Waals surface area (Å²) in [5.74, 6) is -9.58. The maximum absolute atomic E-state index is 14.3. The Morgan fingerprint density at radius 3 is 2.26 bits per heavy atom. The van der Waals surface area contributed by atoms with E-state index in [1.54, 1.807) is 43.3 Å². The van der Waals surface area contributed by atoms with Crippen molar-refractivity contribution in [1.82, 2.24) is 4.90 Å². The van der Waals surface area contributed by atoms with E-state index < -0.39 is 82.2 Å². The van der Waals surface area contributed by atoms with Crippen LogP contribution >= 0.6 is 0 Å². The highest BCUT2D eigenvalue weighted by atomic mass is 19.4. The number of fused-ring (bicyclic) bond motifs is 3. The number of phenols is 1. The Hall–Kier alpha value is -4.39. The van der Waals surface area contributed by atoms with Gasteiger partial charge in [-0.2, -0.15) is 13.2 Å². The first-order chi connectivity index (χ1) is 22.2. The second kappa shape index (κ2) is 11.7. The van der Waals surface area contributed by atoms with E-state index in [0.29, 0.717) is 16.7 Å². The highest BCUT2D eigenvalue weighted by Crippen LogP contribution is 2.53. The van der Waals surface area contributed by atoms with Gasteiger partial charge in [0.25, 0.3) is 0 Å². The Morgan fingerprint density at radius 1 is 1.00 bits per heavy atom. The van der Waals surface area contributed by atoms with Gasteiger partial charge >= 0.3 is 6.18 Å². The molecule has 2 fully saturated rings. The van der Waals surface area contributed by atoms with E-state index in [1.807, 2.05) is 6.07 Å². The number of benzene rings is 3. The van der Waals surface area contributed by atoms with Gasteiger partial charge in [0, 0.05) is 12.0 Å². The van der Waals surface area contributed by atoms with Gasteiger partial charge in [-0.25, -0.2) is 0 Å². The van der Waals surface area contributed by atoms with Gasteiger partial charge in [0.2, 0.25) is 5.91 Å². The molecule has 0 heterocycles. The van der Waals surface area contributed by atoms with Crippen molar-refractivity contribution in [3.05, 3.63) is 89.0 Å². The number of likely N-dealkylation sites (N-methyl/N-ethyl adjacent to an activating group) is 1. The molecule has 3 aliphatic rings. The van der Waals surface area contributed by atoms with E-state index in [-0.39, 0.29) is 25.0 Å². The summed E-state index contributed by atoms with van der Waals surface area (Å²) in [6.07, 6.45) is -5.64. The van der Waals surface area contributed by atoms with E-state index >= 15 is 0 Å². The van der Waals surface area contributed by atoms with Crippen LogP contribution in [-0.4, -0.2) is 70.2 Å². The molecule has 0 spiro atoms. The Balaban J connectivity index is 1.42. The van der Waals surface area contributed by atoms with Gasteiger partial charge in [-0.3, -0.25) is 19.2 Å². The van der Waals surface area contributed by atoms with Crippen LogP contribution in [0.1, 0.15) is 33.5 Å². The fourth-order valence-electron chi connectivity index (χ4n) is 7.86. The molecule has 0 bridgehead atoms. The lowest BCUT2D eigenvalue weighted by atomic mass is 9.52. The number of halogens is 3. The van der Waals surface area contributed by atoms with Crippen LogP contribution in [0.5, 0.6) is 5.75 Å². The number of nitrogens with zero attached hydrogens (tertiary/aromatic N) is 1. The van der Waals surface area contributed by atoms with Crippen LogP contribution in [0.4, 0.5) is 13.2 Å². The van der Waals surface area contributed by atoms with Crippen molar-refractivity contribution in [2.75, 3.05) is 14.1 Å². The van der Waals surface area contributed by atoms with Crippen molar-refractivity contribution in [3.8, 4) is 16.9 Å². The lowest BCUT2D eigenvalue weighted by Crippen LogP contribution is -2.75. The van der Waals surface area contributed by atoms with Crippen molar-refractivity contribution >= 4 is 23.3 Å². The van der Waals surface area contributed by atoms with Gasteiger partial charge in [0.15, 0.2) is 23.0 Å². The van der Waals surface area contributed by atoms with Crippen molar-refractivity contribution in [2.24, 2.45) is 29.4 Å². The third kappa shape index (κ3) is 5.24. The zero-order valence-electron chi connectivity index (χ0n) is 25.5. The topological polar surface area (TPSA) is 147 Å². The number of ketones is 3. The Morgan fingerprint density at radius 2 is 1.66 bits per heavy atom. The molecule has 2 saturated carbocycles. The standard InChI is InChI=1S/C35H33F3N2O7/c1-40(2)28-23-15-19-14-22-21(18-8-10-20(11-9-18)35(36,37)38)12-13-24(41)26(22)29(42)25(19)31(43)34(23,46)32(44)27(33(39)45)30(28)47-16-17-6-4-3-5-7-17/h3-13,19,23,25,27-28,30,41,46H,14-16H2,1-2H3,(H2,39,45)/t19-,23-,25?,27?,28-,30?,34-/m0/s1. The summed E-state index contributed by atoms with van der Waals surface area (Å²) in [6, 6.07) is 15.3. The smallest absolute Gasteiger partial charge is 0.416 e. The number of amides is 1. The van der Waals surface area contributed by atoms with Crippen LogP contribution in [-0.2, 0) is 38.3 Å². The predicted octanol–water partition coefficient (Wildman–Crippen LogP) is 3.57. The molecule has 0 aliphatic heterocycles. The van der Waals surface area contributed by atoms with E-state index in [1.165, 1.54) is 24.3 Å². The Labute approximate surface area is 268 Å². The summed E-state index contributed by atoms with van der Waals surface area (Å²) in [5, 5.41) is 22.9. The fourth-order valence-corrected chi connectivity index (χ4v) is 7.86. The number of carbonyl (C=O) groups is 4. The lowest BCUT2D eigenvalue weighted by molar-refractivity contribution is -0.196. The zero-order chi connectivity index (χ0) is 34.0. The summed E-state index contributed by atoms with van der Waals surface area (Å²) in [4.78, 5) is 56.8. The van der Waals surface area contributed by atoms with E-state index in [4.69, 9.17) is 10.5 Å². The van der Waals surface area contributed by atoms with E-state index in [9.17, 15) is 42.6 Å². The number of hydrogen-bond acceptors (Lipinski definition) is 8. The highest BCUT2D eigenvalue weighted by molar-refractivity contribution is 6.25. The number of primary amides is 1. The molecule has 3 aromatic carbocycles. The SMILES string of the molecule is CN(C)[C@@H]1C(OCc2ccccc2)C(C(N)=O)C(=O)[C@@]2(O)C(=O)C3C(=O)c4c(O)ccc(-c5ccc(C(F)(F)F)cc5)c4C[C@H]3C[C@@H]12. The van der Waals surface area contributed by atoms with Crippen molar-refractivity contribution in [2.45, 2.75) is 43.4 Å². The number of rotatable bonds is 6. The number of aliphatic hydroxyl groups is 1. The lowest BCUT2D eigenvalue weighted by Gasteiger charge is -2.55. The minimum absolute atomic E-state index is 0.00847. The van der Waals surface area contributed by atoms with Crippen molar-refractivity contribution in [1.29, 1.82) is 0 Å². The van der Waals surface area contributed by atoms with Crippen LogP contribution < -0.4 is 5.73 Å². The third-order valence-electron chi connectivity index (χ3n) is 9.96. The number of ether oxygens (including phenoxy) is 1. The second-order valence-corrected chi connectivity index (χ2v) is 12.8. The normalized spacial score (nSPS) is 28.9. The van der Waals surface area contributed by atoms with Gasteiger partial charge in [-0.15, -0.1) is 0 Å². The zero-order valence-corrected chi connectivity index (χ0v) is 25.5. The average Bonchev–Trinajstić information content (AvgIpc) is 3.01. The summed E-state index contributed by atoms with van der Waals surface area (Å²) in [5.41, 5.74) is 3.82. The first-order valence-electron chi connectivity index (χ1n) is 15.1. The Bertz CT molecular complexity index is 1760. The maximum Gasteiger partial charge on any atom is 0.416 e. The first kappa shape index (κ1) is 32.5. The number of alkyl halides is 3. The minimum atomic E-state index is -4.55. The quantitative estimate of drug-likeness (QED) is 0.343. The summed E-state index contributed by atoms with van der Waals surface area (Å²) in [7, 11) is 3.33. The molecule has 7 atom stereocenters. The fraction of sp³-hybridized carbons (Fsp3) is 0.371. The number of hydrogen-bond donors (Lipinski definition) is 3. The number of Topliss-reactive ketones (excluding diaryl/α,β-unsaturated/α-hetero) is 3. The van der Waals surface area contributed by atoms with Gasteiger partial charge in [0.05, 0.1) is 29.8 Å². The highest BCUT2D eigenvalue weighted by Gasteiger charge is 2.69. The molecule has 4 N–H and O–H groups in total. The van der Waals surface area contributed by atoms with Gasteiger partial charge in [0.1, 0.15) is 11.7 Å². The molecule has 3 aromatic rings. The minimum Gasteiger partial charge on any atom is -0.507 e. The second-order valence-electron chi connectivity index (χ2n) is 12.8. The average molecular weight is 651 g/mol. The molecule has 47 heavy (non-hydrogen) atoms. The molecule has 0 saturated heterocycles. The monoisotopic (exact) mass is 650 g/mol. The molecule has 246 valence electrons. The summed E-state index contributed by atoms with van der Waals surface area (Å²) < 4.78 is 45.9. The molecule has 12 heteroatoms. The number of phenolic OH excluding ortho intramolecular Hbond substituents is 1. The van der Waals surface area contributed by atoms with Crippen LogP contribution in [0.2, 0.25) is 0 Å². The van der Waals surface area contributed by atoms with Crippen molar-refractivity contribution < 1.29 is 47.3 Å². The molecule has 0 radical (unpaired) electrons. The third-order valence-corrected chi connectivity index (χ3v) is 9.96. The molecule has 6 rings (SSSR count). The number of nitrogens with two attached hydrogens (primary N) is 1. The molecule has 9 nitrogen and oxygen atoms in total. The molecule has 0 aromatic heterocycles. The maximum atomic E-state index is 14.3. The van der Waals surface area contributed by atoms with Gasteiger partial charge in [-0.1, -0.05) is 48.5 Å². The van der Waals surface area contributed by atoms with Crippen LogP contribution in [0.25, 0.3) is 11.1 Å². The molecule has 1 amide bonds. The van der Waals surface area contributed by atoms with Crippen LogP contribution in [0.15, 0.2) is 66.7 Å². The largest absolute Gasteiger partial charge is 0.507 e. The van der Waals surface area contributed by atoms with Gasteiger partial charge in [-0.05, 0) is 73.3 Å². The number of aromatic hydroxyl groups is 1. The summed E-state index contributed by atoms with van der Waals surface area (Å²) in [6.45, 7) is 0.0136. The van der Waals surface area contributed by atoms with E-state index in [0.717, 1.165) is 17.7 Å². The predicted molar refractivity (Wildman–Crippen MR) is 162 cm³/mol. The molecular formula is C35H33F3N2O7. The van der Waals surface area contributed by atoms with Crippen LogP contribution in [0.3, 0.4) is 0 Å². The molecule has 3 unspecified atom stereocenters. The number of carbonyl (C=O) groups excluding carboxylic acids is 4. The van der Waals surface area contributed by atoms with E-state index in [2.05, 4.69) is 0 Å². The van der Waals surface area contributed by atoms with Crippen molar-refractivity contribution in [3.63, 3.8) is 0 Å². The Kier molecular flexibility index (Phi) is 8.10.